The molecule has 0 unspecified atom stereocenters. The molecule has 0 spiro atoms. The van der Waals surface area contributed by atoms with Crippen molar-refractivity contribution in [1.82, 2.24) is 14.8 Å². The summed E-state index contributed by atoms with van der Waals surface area (Å²) in [5.74, 6) is -1.55. The van der Waals surface area contributed by atoms with Crippen molar-refractivity contribution < 1.29 is 23.9 Å². The highest BCUT2D eigenvalue weighted by Gasteiger charge is 2.35. The highest BCUT2D eigenvalue weighted by Crippen LogP contribution is 2.26. The van der Waals surface area contributed by atoms with Crippen LogP contribution in [0.25, 0.3) is 11.8 Å². The molecule has 0 radical (unpaired) electrons. The second-order valence-electron chi connectivity index (χ2n) is 8.46. The molecule has 9 heteroatoms. The van der Waals surface area contributed by atoms with Crippen LogP contribution < -0.4 is 10.6 Å². The molecule has 1 aliphatic rings. The number of urea groups is 1. The fourth-order valence-electron chi connectivity index (χ4n) is 4.11. The number of methoxy groups -OCH3 is 1. The Labute approximate surface area is 208 Å². The molecule has 2 N–H and O–H groups in total. The van der Waals surface area contributed by atoms with Gasteiger partial charge in [0.15, 0.2) is 0 Å². The number of carbonyl (C=O) groups is 4. The molecule has 0 bridgehead atoms. The number of benzene rings is 2. The van der Waals surface area contributed by atoms with E-state index in [0.29, 0.717) is 22.5 Å². The molecule has 1 aliphatic heterocycles. The summed E-state index contributed by atoms with van der Waals surface area (Å²) in [7, 11) is 1.32. The number of ether oxygens (including phenoxy) is 1. The van der Waals surface area contributed by atoms with Gasteiger partial charge in [0.1, 0.15) is 12.2 Å². The molecule has 2 heterocycles. The smallest absolute Gasteiger partial charge is 0.339 e. The lowest BCUT2D eigenvalue weighted by molar-refractivity contribution is -0.127. The van der Waals surface area contributed by atoms with Gasteiger partial charge >= 0.3 is 12.0 Å². The van der Waals surface area contributed by atoms with Crippen molar-refractivity contribution in [3.63, 3.8) is 0 Å². The van der Waals surface area contributed by atoms with E-state index in [1.54, 1.807) is 36.4 Å². The minimum absolute atomic E-state index is 0.0599. The predicted molar refractivity (Wildman–Crippen MR) is 135 cm³/mol. The van der Waals surface area contributed by atoms with Crippen LogP contribution in [0.3, 0.4) is 0 Å². The summed E-state index contributed by atoms with van der Waals surface area (Å²) in [5, 5.41) is 5.23. The van der Waals surface area contributed by atoms with Gasteiger partial charge in [-0.3, -0.25) is 9.59 Å². The largest absolute Gasteiger partial charge is 0.465 e. The van der Waals surface area contributed by atoms with Crippen molar-refractivity contribution in [2.45, 2.75) is 20.8 Å². The number of imide groups is 1. The third kappa shape index (κ3) is 4.76. The fraction of sp³-hybridized carbons (Fsp3) is 0.185. The number of rotatable bonds is 6. The van der Waals surface area contributed by atoms with Crippen molar-refractivity contribution in [2.75, 3.05) is 19.0 Å². The first-order valence-corrected chi connectivity index (χ1v) is 11.3. The van der Waals surface area contributed by atoms with Gasteiger partial charge in [-0.15, -0.1) is 0 Å². The molecule has 184 valence electrons. The van der Waals surface area contributed by atoms with Crippen molar-refractivity contribution in [1.29, 1.82) is 0 Å². The predicted octanol–water partition coefficient (Wildman–Crippen LogP) is 3.72. The minimum Gasteiger partial charge on any atom is -0.465 e. The van der Waals surface area contributed by atoms with Crippen LogP contribution in [0, 0.1) is 20.8 Å². The first kappa shape index (κ1) is 24.5. The Balaban J connectivity index is 1.57. The first-order chi connectivity index (χ1) is 17.2. The number of anilines is 1. The van der Waals surface area contributed by atoms with Gasteiger partial charge in [-0.05, 0) is 62.7 Å². The average molecular weight is 487 g/mol. The molecule has 9 nitrogen and oxygen atoms in total. The van der Waals surface area contributed by atoms with Crippen molar-refractivity contribution in [2.24, 2.45) is 0 Å². The SMILES string of the molecule is COC(=O)c1ccccc1-n1c(C)cc(C=C2NC(=O)N(CC(=O)Nc3ccc(C)cc3)C2=O)c1C. The summed E-state index contributed by atoms with van der Waals surface area (Å²) >= 11 is 0. The van der Waals surface area contributed by atoms with E-state index in [4.69, 9.17) is 4.74 Å². The average Bonchev–Trinajstić information content (AvgIpc) is 3.28. The molecule has 0 atom stereocenters. The van der Waals surface area contributed by atoms with Gasteiger partial charge in [0.2, 0.25) is 5.91 Å². The lowest BCUT2D eigenvalue weighted by Crippen LogP contribution is -2.38. The minimum atomic E-state index is -0.671. The van der Waals surface area contributed by atoms with E-state index >= 15 is 0 Å². The monoisotopic (exact) mass is 486 g/mol. The molecule has 1 fully saturated rings. The molecule has 1 saturated heterocycles. The Morgan fingerprint density at radius 3 is 2.42 bits per heavy atom. The maximum atomic E-state index is 12.9. The number of carbonyl (C=O) groups excluding carboxylic acids is 4. The van der Waals surface area contributed by atoms with Crippen molar-refractivity contribution in [3.8, 4) is 5.69 Å². The number of esters is 1. The molecular weight excluding hydrogens is 460 g/mol. The van der Waals surface area contributed by atoms with Crippen LogP contribution in [0.5, 0.6) is 0 Å². The summed E-state index contributed by atoms with van der Waals surface area (Å²) in [6, 6.07) is 15.4. The van der Waals surface area contributed by atoms with E-state index in [1.807, 2.05) is 49.6 Å². The zero-order chi connectivity index (χ0) is 26.0. The lowest BCUT2D eigenvalue weighted by atomic mass is 10.1. The zero-order valence-corrected chi connectivity index (χ0v) is 20.4. The molecule has 36 heavy (non-hydrogen) atoms. The Morgan fingerprint density at radius 1 is 1.03 bits per heavy atom. The van der Waals surface area contributed by atoms with E-state index < -0.39 is 30.4 Å². The van der Waals surface area contributed by atoms with Crippen LogP contribution in [0.2, 0.25) is 0 Å². The van der Waals surface area contributed by atoms with Crippen LogP contribution >= 0.6 is 0 Å². The van der Waals surface area contributed by atoms with Gasteiger partial charge in [0.25, 0.3) is 5.91 Å². The van der Waals surface area contributed by atoms with Crippen LogP contribution in [-0.2, 0) is 14.3 Å². The number of hydrogen-bond acceptors (Lipinski definition) is 5. The second-order valence-corrected chi connectivity index (χ2v) is 8.46. The van der Waals surface area contributed by atoms with Gasteiger partial charge in [-0.1, -0.05) is 29.8 Å². The summed E-state index contributed by atoms with van der Waals surface area (Å²) in [6.07, 6.45) is 1.57. The number of nitrogens with one attached hydrogen (secondary N) is 2. The lowest BCUT2D eigenvalue weighted by Gasteiger charge is -2.13. The van der Waals surface area contributed by atoms with Crippen LogP contribution in [0.1, 0.15) is 32.9 Å². The maximum absolute atomic E-state index is 12.9. The van der Waals surface area contributed by atoms with E-state index in [1.165, 1.54) is 7.11 Å². The summed E-state index contributed by atoms with van der Waals surface area (Å²) in [4.78, 5) is 51.0. The standard InChI is InChI=1S/C27H26N4O5/c1-16-9-11-20(12-10-16)28-24(32)15-30-25(33)22(29-27(30)35)14-19-13-17(2)31(18(19)3)23-8-6-5-7-21(23)26(34)36-4/h5-14H,15H2,1-4H3,(H,28,32)(H,29,35). The third-order valence-electron chi connectivity index (χ3n) is 5.92. The van der Waals surface area contributed by atoms with Gasteiger partial charge in [-0.25, -0.2) is 14.5 Å². The third-order valence-corrected chi connectivity index (χ3v) is 5.92. The maximum Gasteiger partial charge on any atom is 0.339 e. The highest BCUT2D eigenvalue weighted by molar-refractivity contribution is 6.16. The molecule has 3 aromatic rings. The van der Waals surface area contributed by atoms with Gasteiger partial charge in [-0.2, -0.15) is 0 Å². The van der Waals surface area contributed by atoms with Crippen molar-refractivity contribution in [3.05, 3.63) is 88.4 Å². The molecule has 0 saturated carbocycles. The quantitative estimate of drug-likeness (QED) is 0.314. The first-order valence-electron chi connectivity index (χ1n) is 11.3. The van der Waals surface area contributed by atoms with E-state index in [9.17, 15) is 19.2 Å². The summed E-state index contributed by atoms with van der Waals surface area (Å²) in [6.45, 7) is 5.24. The molecule has 4 amide bonds. The Bertz CT molecular complexity index is 1400. The number of nitrogens with zero attached hydrogens (tertiary/aromatic N) is 2. The summed E-state index contributed by atoms with van der Waals surface area (Å²) < 4.78 is 6.79. The number of amides is 4. The van der Waals surface area contributed by atoms with E-state index in [-0.39, 0.29) is 5.70 Å². The van der Waals surface area contributed by atoms with Gasteiger partial charge in [0.05, 0.1) is 18.4 Å². The highest BCUT2D eigenvalue weighted by atomic mass is 16.5. The molecule has 0 aliphatic carbocycles. The molecule has 2 aromatic carbocycles. The van der Waals surface area contributed by atoms with E-state index in [0.717, 1.165) is 21.9 Å². The number of aromatic nitrogens is 1. The van der Waals surface area contributed by atoms with Gasteiger partial charge in [0, 0.05) is 17.1 Å². The van der Waals surface area contributed by atoms with Crippen LogP contribution in [0.4, 0.5) is 10.5 Å². The van der Waals surface area contributed by atoms with Gasteiger partial charge < -0.3 is 19.9 Å². The van der Waals surface area contributed by atoms with Crippen molar-refractivity contribution >= 4 is 35.6 Å². The Kier molecular flexibility index (Phi) is 6.73. The number of aryl methyl sites for hydroxylation is 2. The second kappa shape index (κ2) is 9.91. The molecule has 1 aromatic heterocycles. The van der Waals surface area contributed by atoms with Crippen LogP contribution in [-0.4, -0.2) is 46.9 Å². The number of para-hydroxylation sites is 1. The zero-order valence-electron chi connectivity index (χ0n) is 20.4. The Morgan fingerprint density at radius 2 is 1.72 bits per heavy atom. The normalized spacial score (nSPS) is 14.2. The summed E-state index contributed by atoms with van der Waals surface area (Å²) in [5.41, 5.74) is 4.98. The fourth-order valence-corrected chi connectivity index (χ4v) is 4.11. The Hall–Kier alpha value is -4.66. The molecule has 4 rings (SSSR count). The number of hydrogen-bond donors (Lipinski definition) is 2. The molecular formula is C27H26N4O5. The topological polar surface area (TPSA) is 110 Å². The van der Waals surface area contributed by atoms with E-state index in [2.05, 4.69) is 10.6 Å². The van der Waals surface area contributed by atoms with Crippen LogP contribution in [0.15, 0.2) is 60.3 Å².